The highest BCUT2D eigenvalue weighted by Gasteiger charge is 2.06. The second-order valence-electron chi connectivity index (χ2n) is 3.71. The predicted molar refractivity (Wildman–Crippen MR) is 72.1 cm³/mol. The molecule has 0 aliphatic carbocycles. The zero-order valence-electron chi connectivity index (χ0n) is 9.71. The fourth-order valence-corrected chi connectivity index (χ4v) is 1.67. The molecule has 0 amide bonds. The molecule has 0 bridgehead atoms. The van der Waals surface area contributed by atoms with E-state index >= 15 is 0 Å². The van der Waals surface area contributed by atoms with E-state index in [0.29, 0.717) is 11.4 Å². The number of hydrogen-bond donors (Lipinski definition) is 2. The summed E-state index contributed by atoms with van der Waals surface area (Å²) in [4.78, 5) is 0. The van der Waals surface area contributed by atoms with E-state index in [1.54, 1.807) is 19.2 Å². The van der Waals surface area contributed by atoms with E-state index < -0.39 is 5.82 Å². The second-order valence-corrected chi connectivity index (χ2v) is 4.11. The molecule has 94 valence electrons. The van der Waals surface area contributed by atoms with E-state index in [9.17, 15) is 4.39 Å². The summed E-state index contributed by atoms with van der Waals surface area (Å²) in [5.41, 5.74) is 7.40. The molecule has 5 heteroatoms. The molecule has 2 rings (SSSR count). The molecule has 0 aliphatic rings. The number of nitrogen functional groups attached to an aromatic ring is 1. The van der Waals surface area contributed by atoms with E-state index in [4.69, 9.17) is 22.1 Å². The van der Waals surface area contributed by atoms with Gasteiger partial charge in [0.15, 0.2) is 0 Å². The molecule has 3 nitrogen and oxygen atoms in total. The lowest BCUT2D eigenvalue weighted by Crippen LogP contribution is -1.97. The van der Waals surface area contributed by atoms with Crippen molar-refractivity contribution >= 4 is 28.7 Å². The van der Waals surface area contributed by atoms with Gasteiger partial charge >= 0.3 is 0 Å². The number of nitrogens with one attached hydrogen (secondary N) is 1. The zero-order valence-corrected chi connectivity index (χ0v) is 10.5. The minimum atomic E-state index is -0.512. The molecule has 0 unspecified atom stereocenters. The lowest BCUT2D eigenvalue weighted by molar-refractivity contribution is 0.415. The Morgan fingerprint density at radius 2 is 1.89 bits per heavy atom. The van der Waals surface area contributed by atoms with Crippen LogP contribution in [0, 0.1) is 5.82 Å². The van der Waals surface area contributed by atoms with E-state index in [0.717, 1.165) is 11.4 Å². The second kappa shape index (κ2) is 5.14. The molecule has 18 heavy (non-hydrogen) atoms. The van der Waals surface area contributed by atoms with Crippen LogP contribution >= 0.6 is 11.6 Å². The summed E-state index contributed by atoms with van der Waals surface area (Å²) in [6.07, 6.45) is 0. The van der Waals surface area contributed by atoms with Crippen molar-refractivity contribution in [1.82, 2.24) is 0 Å². The van der Waals surface area contributed by atoms with Crippen molar-refractivity contribution in [3.63, 3.8) is 0 Å². The first-order valence-corrected chi connectivity index (χ1v) is 5.63. The average molecular weight is 267 g/mol. The monoisotopic (exact) mass is 266 g/mol. The molecule has 0 fully saturated rings. The summed E-state index contributed by atoms with van der Waals surface area (Å²) < 4.78 is 18.4. The summed E-state index contributed by atoms with van der Waals surface area (Å²) in [5.74, 6) is 0.234. The average Bonchev–Trinajstić information content (AvgIpc) is 2.37. The van der Waals surface area contributed by atoms with Crippen molar-refractivity contribution in [1.29, 1.82) is 0 Å². The van der Waals surface area contributed by atoms with Crippen molar-refractivity contribution in [3.8, 4) is 5.75 Å². The first kappa shape index (κ1) is 12.5. The number of nitrogens with two attached hydrogens (primary N) is 1. The molecule has 2 aromatic rings. The molecule has 0 spiro atoms. The Morgan fingerprint density at radius 1 is 1.22 bits per heavy atom. The molecular weight excluding hydrogens is 255 g/mol. The van der Waals surface area contributed by atoms with E-state index in [1.165, 1.54) is 12.1 Å². The van der Waals surface area contributed by atoms with Gasteiger partial charge in [-0.2, -0.15) is 0 Å². The van der Waals surface area contributed by atoms with Crippen molar-refractivity contribution in [2.24, 2.45) is 0 Å². The molecule has 0 radical (unpaired) electrons. The van der Waals surface area contributed by atoms with Gasteiger partial charge in [-0.25, -0.2) is 4.39 Å². The lowest BCUT2D eigenvalue weighted by Gasteiger charge is -2.10. The largest absolute Gasteiger partial charge is 0.497 e. The van der Waals surface area contributed by atoms with Gasteiger partial charge in [0.05, 0.1) is 23.5 Å². The molecule has 3 N–H and O–H groups in total. The van der Waals surface area contributed by atoms with Crippen LogP contribution in [0.25, 0.3) is 0 Å². The fraction of sp³-hybridized carbons (Fsp3) is 0.0769. The molecule has 0 saturated heterocycles. The highest BCUT2D eigenvalue weighted by atomic mass is 35.5. The zero-order chi connectivity index (χ0) is 13.1. The number of methoxy groups -OCH3 is 1. The normalized spacial score (nSPS) is 10.2. The van der Waals surface area contributed by atoms with Gasteiger partial charge in [-0.15, -0.1) is 0 Å². The lowest BCUT2D eigenvalue weighted by atomic mass is 10.2. The van der Waals surface area contributed by atoms with Gasteiger partial charge in [-0.05, 0) is 30.3 Å². The first-order chi connectivity index (χ1) is 8.60. The van der Waals surface area contributed by atoms with Gasteiger partial charge in [0.25, 0.3) is 0 Å². The highest BCUT2D eigenvalue weighted by Crippen LogP contribution is 2.29. The van der Waals surface area contributed by atoms with Crippen LogP contribution in [-0.4, -0.2) is 7.11 Å². The Kier molecular flexibility index (Phi) is 3.58. The quantitative estimate of drug-likeness (QED) is 0.831. The number of halogens is 2. The Balaban J connectivity index is 2.25. The Morgan fingerprint density at radius 3 is 2.50 bits per heavy atom. The number of ether oxygens (including phenoxy) is 1. The molecule has 0 aliphatic heterocycles. The summed E-state index contributed by atoms with van der Waals surface area (Å²) in [6.45, 7) is 0. The third kappa shape index (κ3) is 2.65. The van der Waals surface area contributed by atoms with Gasteiger partial charge in [-0.1, -0.05) is 11.6 Å². The maximum atomic E-state index is 13.3. The molecule has 0 atom stereocenters. The van der Waals surface area contributed by atoms with E-state index in [1.807, 2.05) is 12.1 Å². The van der Waals surface area contributed by atoms with Crippen LogP contribution in [-0.2, 0) is 0 Å². The molecular formula is C13H12ClFN2O. The topological polar surface area (TPSA) is 47.3 Å². The van der Waals surface area contributed by atoms with Crippen molar-refractivity contribution in [3.05, 3.63) is 47.2 Å². The Bertz CT molecular complexity index is 558. The highest BCUT2D eigenvalue weighted by molar-refractivity contribution is 6.31. The van der Waals surface area contributed by atoms with Crippen LogP contribution < -0.4 is 15.8 Å². The minimum Gasteiger partial charge on any atom is -0.497 e. The van der Waals surface area contributed by atoms with Crippen molar-refractivity contribution in [2.45, 2.75) is 0 Å². The standard InChI is InChI=1S/C13H12ClFN2O/c1-18-9-4-2-8(3-5-9)17-13-7-11(15)10(14)6-12(13)16/h2-7,17H,16H2,1H3. The Labute approximate surface area is 109 Å². The maximum absolute atomic E-state index is 13.3. The first-order valence-electron chi connectivity index (χ1n) is 5.26. The van der Waals surface area contributed by atoms with Crippen LogP contribution in [0.2, 0.25) is 5.02 Å². The van der Waals surface area contributed by atoms with Crippen LogP contribution in [0.15, 0.2) is 36.4 Å². The Hall–Kier alpha value is -1.94. The van der Waals surface area contributed by atoms with Gasteiger partial charge in [-0.3, -0.25) is 0 Å². The SMILES string of the molecule is COc1ccc(Nc2cc(F)c(Cl)cc2N)cc1. The van der Waals surface area contributed by atoms with Crippen molar-refractivity contribution in [2.75, 3.05) is 18.2 Å². The minimum absolute atomic E-state index is 0.00720. The number of rotatable bonds is 3. The van der Waals surface area contributed by atoms with E-state index in [2.05, 4.69) is 5.32 Å². The van der Waals surface area contributed by atoms with Crippen LogP contribution in [0.4, 0.5) is 21.5 Å². The number of anilines is 3. The predicted octanol–water partition coefficient (Wildman–Crippen LogP) is 3.81. The number of benzene rings is 2. The third-order valence-corrected chi connectivity index (χ3v) is 2.75. The number of hydrogen-bond acceptors (Lipinski definition) is 3. The van der Waals surface area contributed by atoms with Gasteiger partial charge < -0.3 is 15.8 Å². The van der Waals surface area contributed by atoms with Gasteiger partial charge in [0.2, 0.25) is 0 Å². The summed E-state index contributed by atoms with van der Waals surface area (Å²) in [5, 5.41) is 3.02. The van der Waals surface area contributed by atoms with Crippen LogP contribution in [0.3, 0.4) is 0 Å². The molecule has 0 aromatic heterocycles. The van der Waals surface area contributed by atoms with Gasteiger partial charge in [0.1, 0.15) is 11.6 Å². The summed E-state index contributed by atoms with van der Waals surface area (Å²) >= 11 is 5.63. The summed E-state index contributed by atoms with van der Waals surface area (Å²) in [7, 11) is 1.59. The van der Waals surface area contributed by atoms with E-state index in [-0.39, 0.29) is 5.02 Å². The maximum Gasteiger partial charge on any atom is 0.144 e. The molecule has 0 saturated carbocycles. The third-order valence-electron chi connectivity index (χ3n) is 2.46. The summed E-state index contributed by atoms with van der Waals surface area (Å²) in [6, 6.07) is 9.86. The van der Waals surface area contributed by atoms with Crippen LogP contribution in [0.5, 0.6) is 5.75 Å². The fourth-order valence-electron chi connectivity index (χ4n) is 1.50. The smallest absolute Gasteiger partial charge is 0.144 e. The van der Waals surface area contributed by atoms with Gasteiger partial charge in [0, 0.05) is 11.8 Å². The molecule has 2 aromatic carbocycles. The van der Waals surface area contributed by atoms with Crippen molar-refractivity contribution < 1.29 is 9.13 Å². The van der Waals surface area contributed by atoms with Crippen LogP contribution in [0.1, 0.15) is 0 Å². The molecule has 0 heterocycles.